The van der Waals surface area contributed by atoms with Crippen molar-refractivity contribution in [1.29, 1.82) is 0 Å². The minimum absolute atomic E-state index is 0.00710. The Morgan fingerprint density at radius 3 is 2.48 bits per heavy atom. The maximum absolute atomic E-state index is 14.3. The van der Waals surface area contributed by atoms with E-state index in [9.17, 15) is 23.8 Å². The summed E-state index contributed by atoms with van der Waals surface area (Å²) in [5.41, 5.74) is 3.16. The van der Waals surface area contributed by atoms with Crippen molar-refractivity contribution in [1.82, 2.24) is 9.55 Å². The first-order valence-electron chi connectivity index (χ1n) is 9.71. The molecule has 2 aromatic carbocycles. The van der Waals surface area contributed by atoms with Crippen LogP contribution in [0.5, 0.6) is 5.75 Å². The van der Waals surface area contributed by atoms with Crippen LogP contribution in [0.2, 0.25) is 0 Å². The van der Waals surface area contributed by atoms with Crippen molar-refractivity contribution < 1.29 is 23.8 Å². The first kappa shape index (κ1) is 20.5. The SMILES string of the molecule is Cc1cc(-n2c(C(C)C)c(-c3cncc(C(=O)O)c3)c3c(O)cc(F)cc32)ccc1F. The Hall–Kier alpha value is -3.74. The molecule has 0 bridgehead atoms. The second kappa shape index (κ2) is 7.50. The van der Waals surface area contributed by atoms with E-state index in [1.807, 2.05) is 13.8 Å². The number of phenolic OH excluding ortho intramolecular Hbond substituents is 1. The van der Waals surface area contributed by atoms with E-state index >= 15 is 0 Å². The number of nitrogens with zero attached hydrogens (tertiary/aromatic N) is 2. The minimum atomic E-state index is -1.13. The lowest BCUT2D eigenvalue weighted by molar-refractivity contribution is 0.0696. The number of halogens is 2. The average molecular weight is 422 g/mol. The first-order valence-corrected chi connectivity index (χ1v) is 9.71. The zero-order valence-electron chi connectivity index (χ0n) is 17.1. The fraction of sp³-hybridized carbons (Fsp3) is 0.167. The number of benzene rings is 2. The Balaban J connectivity index is 2.19. The van der Waals surface area contributed by atoms with E-state index in [0.29, 0.717) is 39.0 Å². The number of carboxylic acids is 1. The molecule has 7 heteroatoms. The summed E-state index contributed by atoms with van der Waals surface area (Å²) < 4.78 is 30.0. The van der Waals surface area contributed by atoms with Crippen LogP contribution in [0.4, 0.5) is 8.78 Å². The molecule has 0 aliphatic heterocycles. The Morgan fingerprint density at radius 1 is 1.10 bits per heavy atom. The fourth-order valence-electron chi connectivity index (χ4n) is 3.96. The molecule has 0 fully saturated rings. The van der Waals surface area contributed by atoms with Gasteiger partial charge in [-0.25, -0.2) is 13.6 Å². The summed E-state index contributed by atoms with van der Waals surface area (Å²) in [7, 11) is 0. The Morgan fingerprint density at radius 2 is 1.84 bits per heavy atom. The number of aromatic hydroxyl groups is 1. The molecule has 4 aromatic rings. The van der Waals surface area contributed by atoms with Gasteiger partial charge in [-0.1, -0.05) is 13.8 Å². The third kappa shape index (κ3) is 3.42. The average Bonchev–Trinajstić information content (AvgIpc) is 3.05. The van der Waals surface area contributed by atoms with Gasteiger partial charge in [0.25, 0.3) is 0 Å². The van der Waals surface area contributed by atoms with Crippen LogP contribution in [-0.2, 0) is 0 Å². The van der Waals surface area contributed by atoms with Gasteiger partial charge in [0.2, 0.25) is 0 Å². The van der Waals surface area contributed by atoms with Crippen LogP contribution in [0, 0.1) is 18.6 Å². The summed E-state index contributed by atoms with van der Waals surface area (Å²) in [4.78, 5) is 15.5. The summed E-state index contributed by atoms with van der Waals surface area (Å²) in [5, 5.41) is 20.5. The minimum Gasteiger partial charge on any atom is -0.507 e. The lowest BCUT2D eigenvalue weighted by Crippen LogP contribution is -2.04. The highest BCUT2D eigenvalue weighted by molar-refractivity contribution is 6.04. The van der Waals surface area contributed by atoms with E-state index in [0.717, 1.165) is 6.07 Å². The molecule has 0 atom stereocenters. The summed E-state index contributed by atoms with van der Waals surface area (Å²) in [5.74, 6) is -2.50. The number of aromatic nitrogens is 2. The van der Waals surface area contributed by atoms with E-state index < -0.39 is 11.8 Å². The highest BCUT2D eigenvalue weighted by atomic mass is 19.1. The third-order valence-corrected chi connectivity index (χ3v) is 5.27. The number of carboxylic acid groups (broad SMARTS) is 1. The van der Waals surface area contributed by atoms with E-state index in [4.69, 9.17) is 0 Å². The predicted molar refractivity (Wildman–Crippen MR) is 114 cm³/mol. The van der Waals surface area contributed by atoms with Crippen LogP contribution in [0.25, 0.3) is 27.7 Å². The van der Waals surface area contributed by atoms with Crippen LogP contribution >= 0.6 is 0 Å². The zero-order chi connectivity index (χ0) is 22.4. The van der Waals surface area contributed by atoms with Crippen molar-refractivity contribution in [3.8, 4) is 22.6 Å². The van der Waals surface area contributed by atoms with Gasteiger partial charge < -0.3 is 14.8 Å². The second-order valence-corrected chi connectivity index (χ2v) is 7.77. The molecule has 0 amide bonds. The van der Waals surface area contributed by atoms with E-state index in [2.05, 4.69) is 4.98 Å². The summed E-state index contributed by atoms with van der Waals surface area (Å²) in [6, 6.07) is 8.37. The van der Waals surface area contributed by atoms with Gasteiger partial charge in [-0.2, -0.15) is 0 Å². The Labute approximate surface area is 177 Å². The molecule has 5 nitrogen and oxygen atoms in total. The highest BCUT2D eigenvalue weighted by Crippen LogP contribution is 2.44. The molecule has 31 heavy (non-hydrogen) atoms. The van der Waals surface area contributed by atoms with Crippen LogP contribution < -0.4 is 0 Å². The predicted octanol–water partition coefficient (Wildman–Crippen LogP) is 5.81. The van der Waals surface area contributed by atoms with Crippen LogP contribution in [0.3, 0.4) is 0 Å². The number of aromatic carboxylic acids is 1. The number of phenols is 1. The van der Waals surface area contributed by atoms with E-state index in [-0.39, 0.29) is 23.0 Å². The Kier molecular flexibility index (Phi) is 4.97. The number of aryl methyl sites for hydroxylation is 1. The Bertz CT molecular complexity index is 1340. The van der Waals surface area contributed by atoms with E-state index in [1.165, 1.54) is 30.6 Å². The van der Waals surface area contributed by atoms with Gasteiger partial charge in [-0.15, -0.1) is 0 Å². The molecule has 2 heterocycles. The van der Waals surface area contributed by atoms with Crippen LogP contribution in [-0.4, -0.2) is 25.7 Å². The topological polar surface area (TPSA) is 75.4 Å². The smallest absolute Gasteiger partial charge is 0.337 e. The number of pyridine rings is 1. The molecular formula is C24H20F2N2O3. The van der Waals surface area contributed by atoms with Gasteiger partial charge >= 0.3 is 5.97 Å². The highest BCUT2D eigenvalue weighted by Gasteiger charge is 2.25. The van der Waals surface area contributed by atoms with Crippen molar-refractivity contribution in [3.05, 3.63) is 77.2 Å². The molecule has 2 N–H and O–H groups in total. The molecular weight excluding hydrogens is 402 g/mol. The molecule has 4 rings (SSSR count). The molecule has 0 saturated carbocycles. The lowest BCUT2D eigenvalue weighted by Gasteiger charge is -2.16. The molecule has 0 spiro atoms. The number of rotatable bonds is 4. The maximum atomic E-state index is 14.3. The normalized spacial score (nSPS) is 11.4. The largest absolute Gasteiger partial charge is 0.507 e. The number of hydrogen-bond donors (Lipinski definition) is 2. The van der Waals surface area contributed by atoms with Gasteiger partial charge in [0.1, 0.15) is 17.4 Å². The van der Waals surface area contributed by atoms with Crippen molar-refractivity contribution in [2.75, 3.05) is 0 Å². The molecule has 0 saturated heterocycles. The summed E-state index contributed by atoms with van der Waals surface area (Å²) >= 11 is 0. The van der Waals surface area contributed by atoms with Crippen molar-refractivity contribution in [3.63, 3.8) is 0 Å². The van der Waals surface area contributed by atoms with Gasteiger partial charge in [-0.3, -0.25) is 4.98 Å². The van der Waals surface area contributed by atoms with Crippen molar-refractivity contribution in [2.24, 2.45) is 0 Å². The third-order valence-electron chi connectivity index (χ3n) is 5.27. The molecule has 0 aliphatic carbocycles. The number of carbonyl (C=O) groups is 1. The van der Waals surface area contributed by atoms with Crippen LogP contribution in [0.1, 0.15) is 41.4 Å². The lowest BCUT2D eigenvalue weighted by atomic mass is 9.96. The zero-order valence-corrected chi connectivity index (χ0v) is 17.1. The molecule has 0 radical (unpaired) electrons. The number of fused-ring (bicyclic) bond motifs is 1. The monoisotopic (exact) mass is 422 g/mol. The molecule has 2 aromatic heterocycles. The quantitative estimate of drug-likeness (QED) is 0.435. The van der Waals surface area contributed by atoms with Crippen LogP contribution in [0.15, 0.2) is 48.8 Å². The maximum Gasteiger partial charge on any atom is 0.337 e. The molecule has 0 unspecified atom stereocenters. The summed E-state index contributed by atoms with van der Waals surface area (Å²) in [6.45, 7) is 5.51. The first-order chi connectivity index (χ1) is 14.7. The van der Waals surface area contributed by atoms with Crippen molar-refractivity contribution >= 4 is 16.9 Å². The van der Waals surface area contributed by atoms with Crippen molar-refractivity contribution in [2.45, 2.75) is 26.7 Å². The summed E-state index contributed by atoms with van der Waals surface area (Å²) in [6.07, 6.45) is 2.75. The van der Waals surface area contributed by atoms with Gasteiger partial charge in [0.05, 0.1) is 16.5 Å². The van der Waals surface area contributed by atoms with Gasteiger partial charge in [-0.05, 0) is 48.7 Å². The molecule has 158 valence electrons. The van der Waals surface area contributed by atoms with Gasteiger partial charge in [0.15, 0.2) is 0 Å². The second-order valence-electron chi connectivity index (χ2n) is 7.77. The fourth-order valence-corrected chi connectivity index (χ4v) is 3.96. The number of hydrogen-bond acceptors (Lipinski definition) is 3. The van der Waals surface area contributed by atoms with E-state index in [1.54, 1.807) is 23.6 Å². The standard InChI is InChI=1S/C24H20F2N2O3/c1-12(2)23-21(14-7-15(24(30)31)11-27-10-14)22-19(8-16(25)9-20(22)29)28(23)17-4-5-18(26)13(3)6-17/h4-12,29H,1-3H3,(H,30,31). The molecule has 0 aliphatic rings. The van der Waals surface area contributed by atoms with Gasteiger partial charge in [0, 0.05) is 41.0 Å².